The third-order valence-corrected chi connectivity index (χ3v) is 5.11. The topological polar surface area (TPSA) is 114 Å². The molecule has 1 atom stereocenters. The number of halogens is 3. The van der Waals surface area contributed by atoms with Crippen molar-refractivity contribution in [1.29, 1.82) is 0 Å². The number of carbonyl (C=O) groups excluding carboxylic acids is 3. The number of aromatic nitrogens is 2. The molecule has 0 aromatic carbocycles. The summed E-state index contributed by atoms with van der Waals surface area (Å²) in [5, 5.41) is 0. The predicted octanol–water partition coefficient (Wildman–Crippen LogP) is 3.03. The van der Waals surface area contributed by atoms with Gasteiger partial charge in [0.25, 0.3) is 0 Å². The van der Waals surface area contributed by atoms with Crippen LogP contribution in [0.25, 0.3) is 0 Å². The van der Waals surface area contributed by atoms with Gasteiger partial charge in [-0.3, -0.25) is 4.79 Å². The van der Waals surface area contributed by atoms with Crippen LogP contribution in [0.15, 0.2) is 6.07 Å². The van der Waals surface area contributed by atoms with Crippen molar-refractivity contribution in [2.24, 2.45) is 0 Å². The van der Waals surface area contributed by atoms with Crippen LogP contribution in [0, 0.1) is 0 Å². The second-order valence-corrected chi connectivity index (χ2v) is 7.17. The lowest BCUT2D eigenvalue weighted by atomic mass is 9.92. The standard InChI is InChI=1S/C19H25F3N2O5.CO2/c1-3-13(16(25)26-4-2)14-11-15(24-17(23-14)19(20,21)22)29-12-5-7-18(8-6-12)27-9-10-28-18;2-1-3/h11-13H,3-10H2,1-2H3;. The van der Waals surface area contributed by atoms with Crippen molar-refractivity contribution in [1.82, 2.24) is 9.97 Å². The van der Waals surface area contributed by atoms with Crippen molar-refractivity contribution in [3.8, 4) is 5.88 Å². The zero-order chi connectivity index (χ0) is 23.8. The van der Waals surface area contributed by atoms with Crippen molar-refractivity contribution in [2.75, 3.05) is 19.8 Å². The first-order chi connectivity index (χ1) is 15.2. The number of nitrogens with zero attached hydrogens (tertiary/aromatic N) is 2. The summed E-state index contributed by atoms with van der Waals surface area (Å²) in [6.07, 6.45) is -2.26. The van der Waals surface area contributed by atoms with Crippen molar-refractivity contribution < 1.29 is 46.5 Å². The van der Waals surface area contributed by atoms with Gasteiger partial charge in [0, 0.05) is 18.9 Å². The average Bonchev–Trinajstić information content (AvgIpc) is 3.19. The van der Waals surface area contributed by atoms with Crippen LogP contribution in [-0.4, -0.2) is 53.8 Å². The van der Waals surface area contributed by atoms with Crippen molar-refractivity contribution in [3.63, 3.8) is 0 Å². The molecule has 32 heavy (non-hydrogen) atoms. The molecule has 0 amide bonds. The molecule has 2 heterocycles. The second-order valence-electron chi connectivity index (χ2n) is 7.17. The van der Waals surface area contributed by atoms with E-state index in [2.05, 4.69) is 9.97 Å². The van der Waals surface area contributed by atoms with Crippen LogP contribution in [-0.2, 0) is 34.8 Å². The minimum atomic E-state index is -4.76. The molecule has 2 fully saturated rings. The van der Waals surface area contributed by atoms with Crippen molar-refractivity contribution in [2.45, 2.75) is 69.9 Å². The maximum absolute atomic E-state index is 13.3. The van der Waals surface area contributed by atoms with Gasteiger partial charge < -0.3 is 18.9 Å². The molecule has 2 aliphatic rings. The molecular weight excluding hydrogens is 437 g/mol. The van der Waals surface area contributed by atoms with E-state index in [0.717, 1.165) is 0 Å². The molecule has 1 saturated carbocycles. The van der Waals surface area contributed by atoms with E-state index in [1.807, 2.05) is 0 Å². The number of esters is 1. The highest BCUT2D eigenvalue weighted by molar-refractivity contribution is 5.77. The summed E-state index contributed by atoms with van der Waals surface area (Å²) < 4.78 is 62.0. The highest BCUT2D eigenvalue weighted by Gasteiger charge is 2.41. The molecule has 1 aliphatic carbocycles. The number of hydrogen-bond acceptors (Lipinski definition) is 9. The van der Waals surface area contributed by atoms with Gasteiger partial charge in [-0.05, 0) is 26.2 Å². The fourth-order valence-corrected chi connectivity index (χ4v) is 3.65. The Morgan fingerprint density at radius 3 is 2.31 bits per heavy atom. The molecule has 9 nitrogen and oxygen atoms in total. The Morgan fingerprint density at radius 1 is 1.22 bits per heavy atom. The van der Waals surface area contributed by atoms with Gasteiger partial charge >= 0.3 is 18.3 Å². The van der Waals surface area contributed by atoms with E-state index in [9.17, 15) is 18.0 Å². The lowest BCUT2D eigenvalue weighted by Gasteiger charge is -2.35. The SMILES string of the molecule is CCOC(=O)C(CC)c1cc(OC2CCC3(CC2)OCCO3)nc(C(F)(F)F)n1.O=C=O. The summed E-state index contributed by atoms with van der Waals surface area (Å²) in [5.41, 5.74) is -0.0574. The Hall–Kier alpha value is -2.56. The minimum Gasteiger partial charge on any atom is -0.474 e. The molecule has 3 rings (SSSR count). The lowest BCUT2D eigenvalue weighted by molar-refractivity contribution is -0.191. The van der Waals surface area contributed by atoms with Crippen LogP contribution >= 0.6 is 0 Å². The normalized spacial score (nSPS) is 18.9. The Bertz CT molecular complexity index is 797. The van der Waals surface area contributed by atoms with E-state index >= 15 is 0 Å². The van der Waals surface area contributed by atoms with Crippen LogP contribution in [0.5, 0.6) is 5.88 Å². The van der Waals surface area contributed by atoms with Crippen molar-refractivity contribution >= 4 is 12.1 Å². The molecule has 1 unspecified atom stereocenters. The molecule has 1 aromatic rings. The van der Waals surface area contributed by atoms with E-state index in [0.29, 0.717) is 38.9 Å². The smallest absolute Gasteiger partial charge is 0.451 e. The molecule has 12 heteroatoms. The van der Waals surface area contributed by atoms with E-state index in [1.165, 1.54) is 6.07 Å². The van der Waals surface area contributed by atoms with Crippen LogP contribution in [0.4, 0.5) is 13.2 Å². The molecule has 178 valence electrons. The van der Waals surface area contributed by atoms with Gasteiger partial charge in [0.2, 0.25) is 11.7 Å². The maximum atomic E-state index is 13.3. The van der Waals surface area contributed by atoms with E-state index < -0.39 is 29.7 Å². The summed E-state index contributed by atoms with van der Waals surface area (Å²) in [4.78, 5) is 35.5. The quantitative estimate of drug-likeness (QED) is 0.589. The molecule has 1 saturated heterocycles. The van der Waals surface area contributed by atoms with Crippen LogP contribution < -0.4 is 4.74 Å². The van der Waals surface area contributed by atoms with Crippen LogP contribution in [0.1, 0.15) is 63.4 Å². The molecule has 0 N–H and O–H groups in total. The zero-order valence-corrected chi connectivity index (χ0v) is 17.8. The Morgan fingerprint density at radius 2 is 1.81 bits per heavy atom. The molecule has 1 aliphatic heterocycles. The minimum absolute atomic E-state index is 0.0574. The van der Waals surface area contributed by atoms with Crippen LogP contribution in [0.2, 0.25) is 0 Å². The average molecular weight is 462 g/mol. The zero-order valence-electron chi connectivity index (χ0n) is 17.8. The first-order valence-corrected chi connectivity index (χ1v) is 10.2. The van der Waals surface area contributed by atoms with Gasteiger partial charge in [0.1, 0.15) is 6.10 Å². The third-order valence-electron chi connectivity index (χ3n) is 5.11. The Balaban J connectivity index is 0.00000114. The number of alkyl halides is 3. The van der Waals surface area contributed by atoms with Crippen molar-refractivity contribution in [3.05, 3.63) is 17.6 Å². The number of rotatable bonds is 6. The van der Waals surface area contributed by atoms with Gasteiger partial charge in [-0.2, -0.15) is 27.7 Å². The molecule has 1 aromatic heterocycles. The Kier molecular flexibility index (Phi) is 9.11. The number of carbonyl (C=O) groups is 1. The summed E-state index contributed by atoms with van der Waals surface area (Å²) in [6.45, 7) is 4.53. The fourth-order valence-electron chi connectivity index (χ4n) is 3.65. The molecular formula is C20H25F3N2O7. The van der Waals surface area contributed by atoms with Gasteiger partial charge in [-0.25, -0.2) is 4.98 Å². The van der Waals surface area contributed by atoms with E-state index in [-0.39, 0.29) is 36.9 Å². The number of hydrogen-bond donors (Lipinski definition) is 0. The lowest BCUT2D eigenvalue weighted by Crippen LogP contribution is -2.38. The maximum Gasteiger partial charge on any atom is 0.451 e. The fraction of sp³-hybridized carbons (Fsp3) is 0.700. The summed E-state index contributed by atoms with van der Waals surface area (Å²) in [6, 6.07) is 1.30. The molecule has 0 radical (unpaired) electrons. The van der Waals surface area contributed by atoms with Gasteiger partial charge in [0.15, 0.2) is 5.79 Å². The van der Waals surface area contributed by atoms with Gasteiger partial charge in [-0.15, -0.1) is 0 Å². The third kappa shape index (κ3) is 6.72. The highest BCUT2D eigenvalue weighted by Crippen LogP contribution is 2.37. The first kappa shape index (κ1) is 25.7. The Labute approximate surface area is 182 Å². The summed E-state index contributed by atoms with van der Waals surface area (Å²) in [7, 11) is 0. The summed E-state index contributed by atoms with van der Waals surface area (Å²) in [5.74, 6) is -3.66. The van der Waals surface area contributed by atoms with E-state index in [4.69, 9.17) is 28.5 Å². The number of ether oxygens (including phenoxy) is 4. The van der Waals surface area contributed by atoms with E-state index in [1.54, 1.807) is 13.8 Å². The monoisotopic (exact) mass is 462 g/mol. The summed E-state index contributed by atoms with van der Waals surface area (Å²) >= 11 is 0. The van der Waals surface area contributed by atoms with Gasteiger partial charge in [-0.1, -0.05) is 6.92 Å². The van der Waals surface area contributed by atoms with Crippen LogP contribution in [0.3, 0.4) is 0 Å². The second kappa shape index (κ2) is 11.3. The predicted molar refractivity (Wildman–Crippen MR) is 99.2 cm³/mol. The largest absolute Gasteiger partial charge is 0.474 e. The molecule has 0 bridgehead atoms. The molecule has 1 spiro atoms. The first-order valence-electron chi connectivity index (χ1n) is 10.2. The van der Waals surface area contributed by atoms with Gasteiger partial charge in [0.05, 0.1) is 31.4 Å². The highest BCUT2D eigenvalue weighted by atomic mass is 19.4.